The highest BCUT2D eigenvalue weighted by Gasteiger charge is 2.17. The van der Waals surface area contributed by atoms with Crippen LogP contribution < -0.4 is 10.0 Å². The summed E-state index contributed by atoms with van der Waals surface area (Å²) < 4.78 is 27.6. The van der Waals surface area contributed by atoms with Crippen LogP contribution in [0.2, 0.25) is 0 Å². The summed E-state index contributed by atoms with van der Waals surface area (Å²) in [5.74, 6) is 0.317. The molecule has 0 unspecified atom stereocenters. The molecule has 8 heteroatoms. The smallest absolute Gasteiger partial charge is 0.265 e. The number of carbonyl (C=O) groups is 1. The van der Waals surface area contributed by atoms with Crippen molar-refractivity contribution in [3.63, 3.8) is 0 Å². The SMILES string of the molecule is Cc1ccc(C(=O)Nc2ccc(S(=O)(=O)NC3=NCCCCC3)cc2)s1. The molecule has 1 aromatic heterocycles. The van der Waals surface area contributed by atoms with Crippen LogP contribution in [0.1, 0.15) is 40.2 Å². The minimum Gasteiger partial charge on any atom is -0.321 e. The average Bonchev–Trinajstić information content (AvgIpc) is 2.88. The van der Waals surface area contributed by atoms with Gasteiger partial charge in [-0.2, -0.15) is 0 Å². The lowest BCUT2D eigenvalue weighted by atomic mass is 10.2. The lowest BCUT2D eigenvalue weighted by Gasteiger charge is -2.10. The molecular weight excluding hydrogens is 370 g/mol. The van der Waals surface area contributed by atoms with E-state index in [1.165, 1.54) is 23.5 Å². The number of rotatable bonds is 4. The van der Waals surface area contributed by atoms with Crippen molar-refractivity contribution in [2.75, 3.05) is 11.9 Å². The molecular formula is C18H21N3O3S2. The lowest BCUT2D eigenvalue weighted by molar-refractivity contribution is 0.103. The van der Waals surface area contributed by atoms with Crippen molar-refractivity contribution in [3.8, 4) is 0 Å². The molecule has 2 aromatic rings. The second-order valence-corrected chi connectivity index (χ2v) is 9.10. The Morgan fingerprint density at radius 2 is 1.85 bits per heavy atom. The molecule has 1 aliphatic rings. The number of benzene rings is 1. The lowest BCUT2D eigenvalue weighted by Crippen LogP contribution is -2.30. The highest BCUT2D eigenvalue weighted by atomic mass is 32.2. The van der Waals surface area contributed by atoms with E-state index in [1.54, 1.807) is 18.2 Å². The van der Waals surface area contributed by atoms with Crippen LogP contribution in [0.15, 0.2) is 46.3 Å². The number of hydrogen-bond donors (Lipinski definition) is 2. The molecule has 138 valence electrons. The Balaban J connectivity index is 1.68. The van der Waals surface area contributed by atoms with Crippen molar-refractivity contribution in [1.82, 2.24) is 4.72 Å². The fraction of sp³-hybridized carbons (Fsp3) is 0.333. The topological polar surface area (TPSA) is 87.6 Å². The number of amidine groups is 1. The van der Waals surface area contributed by atoms with Gasteiger partial charge in [-0.15, -0.1) is 11.3 Å². The van der Waals surface area contributed by atoms with Crippen LogP contribution in [0.3, 0.4) is 0 Å². The second kappa shape index (κ2) is 8.01. The van der Waals surface area contributed by atoms with E-state index in [4.69, 9.17) is 0 Å². The van der Waals surface area contributed by atoms with Crippen molar-refractivity contribution in [2.45, 2.75) is 37.5 Å². The Bertz CT molecular complexity index is 915. The molecule has 1 aromatic carbocycles. The Morgan fingerprint density at radius 1 is 1.08 bits per heavy atom. The number of thiophene rings is 1. The number of anilines is 1. The van der Waals surface area contributed by atoms with E-state index in [0.717, 1.165) is 24.1 Å². The maximum Gasteiger partial charge on any atom is 0.265 e. The Labute approximate surface area is 157 Å². The highest BCUT2D eigenvalue weighted by Crippen LogP contribution is 2.19. The third-order valence-corrected chi connectivity index (χ3v) is 6.41. The number of aliphatic imine (C=N–C) groups is 1. The van der Waals surface area contributed by atoms with E-state index < -0.39 is 10.0 Å². The summed E-state index contributed by atoms with van der Waals surface area (Å²) in [5.41, 5.74) is 0.548. The quantitative estimate of drug-likeness (QED) is 0.835. The molecule has 26 heavy (non-hydrogen) atoms. The molecule has 0 spiro atoms. The largest absolute Gasteiger partial charge is 0.321 e. The molecule has 3 rings (SSSR count). The molecule has 6 nitrogen and oxygen atoms in total. The van der Waals surface area contributed by atoms with Gasteiger partial charge in [0, 0.05) is 23.5 Å². The van der Waals surface area contributed by atoms with Crippen molar-refractivity contribution >= 4 is 38.8 Å². The van der Waals surface area contributed by atoms with Gasteiger partial charge < -0.3 is 5.32 Å². The first kappa shape index (κ1) is 18.6. The third kappa shape index (κ3) is 4.70. The summed E-state index contributed by atoms with van der Waals surface area (Å²) in [6, 6.07) is 9.79. The van der Waals surface area contributed by atoms with Crippen molar-refractivity contribution in [3.05, 3.63) is 46.2 Å². The van der Waals surface area contributed by atoms with Crippen molar-refractivity contribution in [1.29, 1.82) is 0 Å². The van der Waals surface area contributed by atoms with Gasteiger partial charge in [0.1, 0.15) is 5.84 Å². The third-order valence-electron chi connectivity index (χ3n) is 4.01. The Hall–Kier alpha value is -2.19. The molecule has 2 heterocycles. The fourth-order valence-corrected chi connectivity index (χ4v) is 4.49. The zero-order chi connectivity index (χ0) is 18.6. The van der Waals surface area contributed by atoms with Gasteiger partial charge in [0.15, 0.2) is 0 Å². The first-order chi connectivity index (χ1) is 12.4. The van der Waals surface area contributed by atoms with E-state index >= 15 is 0 Å². The minimum absolute atomic E-state index is 0.148. The first-order valence-corrected chi connectivity index (χ1v) is 10.8. The van der Waals surface area contributed by atoms with Crippen LogP contribution in [-0.4, -0.2) is 26.7 Å². The van der Waals surface area contributed by atoms with E-state index in [2.05, 4.69) is 15.0 Å². The molecule has 1 amide bonds. The summed E-state index contributed by atoms with van der Waals surface area (Å²) in [7, 11) is -3.66. The number of aryl methyl sites for hydroxylation is 1. The predicted molar refractivity (Wildman–Crippen MR) is 105 cm³/mol. The van der Waals surface area contributed by atoms with E-state index in [1.807, 2.05) is 13.0 Å². The maximum absolute atomic E-state index is 12.5. The zero-order valence-corrected chi connectivity index (χ0v) is 16.1. The molecule has 0 fully saturated rings. The standard InChI is InChI=1S/C18H21N3O3S2/c1-13-6-11-16(25-13)18(22)20-14-7-9-15(10-8-14)26(23,24)21-17-5-3-2-4-12-19-17/h6-11H,2-5,12H2,1H3,(H,19,21)(H,20,22). The molecule has 0 bridgehead atoms. The minimum atomic E-state index is -3.66. The van der Waals surface area contributed by atoms with Crippen LogP contribution in [0.25, 0.3) is 0 Å². The summed E-state index contributed by atoms with van der Waals surface area (Å²) in [6.45, 7) is 2.59. The van der Waals surface area contributed by atoms with Crippen LogP contribution in [-0.2, 0) is 10.0 Å². The first-order valence-electron chi connectivity index (χ1n) is 8.48. The highest BCUT2D eigenvalue weighted by molar-refractivity contribution is 7.90. The summed E-state index contributed by atoms with van der Waals surface area (Å²) >= 11 is 1.41. The van der Waals surface area contributed by atoms with E-state index in [-0.39, 0.29) is 10.8 Å². The molecule has 2 N–H and O–H groups in total. The average molecular weight is 392 g/mol. The maximum atomic E-state index is 12.5. The van der Waals surface area contributed by atoms with Gasteiger partial charge in [0.25, 0.3) is 15.9 Å². The Kier molecular flexibility index (Phi) is 5.73. The summed E-state index contributed by atoms with van der Waals surface area (Å²) in [6.07, 6.45) is 3.64. The molecule has 0 saturated carbocycles. The van der Waals surface area contributed by atoms with Gasteiger partial charge in [-0.05, 0) is 56.2 Å². The second-order valence-electron chi connectivity index (χ2n) is 6.13. The summed E-state index contributed by atoms with van der Waals surface area (Å²) in [4.78, 5) is 18.3. The van der Waals surface area contributed by atoms with Crippen molar-refractivity contribution in [2.24, 2.45) is 4.99 Å². The zero-order valence-electron chi connectivity index (χ0n) is 14.5. The Morgan fingerprint density at radius 3 is 2.54 bits per heavy atom. The van der Waals surface area contributed by atoms with E-state index in [0.29, 0.717) is 29.4 Å². The number of sulfonamides is 1. The van der Waals surface area contributed by atoms with Crippen LogP contribution in [0, 0.1) is 6.92 Å². The monoisotopic (exact) mass is 391 g/mol. The fourth-order valence-electron chi connectivity index (χ4n) is 2.64. The van der Waals surface area contributed by atoms with Gasteiger partial charge in [-0.3, -0.25) is 14.5 Å². The number of nitrogens with one attached hydrogen (secondary N) is 2. The molecule has 0 aliphatic carbocycles. The molecule has 0 saturated heterocycles. The van der Waals surface area contributed by atoms with Crippen LogP contribution >= 0.6 is 11.3 Å². The molecule has 0 radical (unpaired) electrons. The van der Waals surface area contributed by atoms with Gasteiger partial charge in [0.05, 0.1) is 9.77 Å². The normalized spacial score (nSPS) is 15.0. The van der Waals surface area contributed by atoms with Crippen LogP contribution in [0.4, 0.5) is 5.69 Å². The van der Waals surface area contributed by atoms with Gasteiger partial charge in [0.2, 0.25) is 0 Å². The van der Waals surface area contributed by atoms with Gasteiger partial charge in [-0.25, -0.2) is 8.42 Å². The number of amides is 1. The van der Waals surface area contributed by atoms with Crippen molar-refractivity contribution < 1.29 is 13.2 Å². The summed E-state index contributed by atoms with van der Waals surface area (Å²) in [5, 5.41) is 2.77. The predicted octanol–water partition coefficient (Wildman–Crippen LogP) is 3.56. The number of carbonyl (C=O) groups excluding carboxylic acids is 1. The number of hydrogen-bond acceptors (Lipinski definition) is 5. The molecule has 0 atom stereocenters. The van der Waals surface area contributed by atoms with E-state index in [9.17, 15) is 13.2 Å². The molecule has 1 aliphatic heterocycles. The van der Waals surface area contributed by atoms with Gasteiger partial charge in [-0.1, -0.05) is 6.42 Å². The van der Waals surface area contributed by atoms with Crippen LogP contribution in [0.5, 0.6) is 0 Å². The van der Waals surface area contributed by atoms with Gasteiger partial charge >= 0.3 is 0 Å². The number of nitrogens with zero attached hydrogens (tertiary/aromatic N) is 1.